The number of aromatic nitrogens is 5. The van der Waals surface area contributed by atoms with Crippen molar-refractivity contribution < 1.29 is 30.9 Å². The van der Waals surface area contributed by atoms with Gasteiger partial charge in [-0.1, -0.05) is 34.1 Å². The standard InChI is InChI=1S/C60H59BN6O.Pt/c1-11-31-61-66(56-37-43(29-32-62-56)58(2,3)4)55-39-48(27-28-51(55)52-30-33-63-67(52)61)68-47-22-17-21-46(38-47)64-40-65(54-26-16-15-25-53(54)64)57-49(41-19-13-12-14-20-41)23-18-24-50(57)42-34-44(59(5,6)7)36-45(35-42)60(8,9)10;/h12-30,32-37H,11,31H2,1-10H3;/q-2;/i12D,13D,14D,19D,20D;. The molecule has 0 spiro atoms. The Hall–Kier alpha value is -6.50. The summed E-state index contributed by atoms with van der Waals surface area (Å²) in [4.78, 5) is 7.19. The van der Waals surface area contributed by atoms with Crippen molar-refractivity contribution in [1.82, 2.24) is 23.8 Å². The molecule has 6 aromatic carbocycles. The molecule has 350 valence electrons. The zero-order chi connectivity index (χ0) is 52.8. The number of fused-ring (bicyclic) bond motifs is 4. The van der Waals surface area contributed by atoms with Gasteiger partial charge in [0.15, 0.2) is 0 Å². The quantitative estimate of drug-likeness (QED) is 0.107. The van der Waals surface area contributed by atoms with Crippen LogP contribution in [-0.2, 0) is 35.6 Å². The Morgan fingerprint density at radius 3 is 1.97 bits per heavy atom. The molecule has 0 radical (unpaired) electrons. The van der Waals surface area contributed by atoms with Crippen LogP contribution in [0.3, 0.4) is 0 Å². The zero-order valence-corrected chi connectivity index (χ0v) is 43.2. The van der Waals surface area contributed by atoms with Crippen LogP contribution in [0.25, 0.3) is 55.9 Å². The van der Waals surface area contributed by atoms with E-state index in [4.69, 9.17) is 18.9 Å². The van der Waals surface area contributed by atoms with Gasteiger partial charge in [-0.15, -0.1) is 0 Å². The molecule has 3 aromatic heterocycles. The minimum absolute atomic E-state index is 0.0880. The third-order valence-electron chi connectivity index (χ3n) is 13.0. The third-order valence-corrected chi connectivity index (χ3v) is 14.0. The molecule has 10 rings (SSSR count). The Morgan fingerprint density at radius 2 is 1.29 bits per heavy atom. The first-order chi connectivity index (χ1) is 35.1. The Bertz CT molecular complexity index is 3690. The molecule has 1 aliphatic heterocycles. The molecule has 0 atom stereocenters. The molecule has 0 saturated carbocycles. The van der Waals surface area contributed by atoms with Crippen molar-refractivity contribution in [3.63, 3.8) is 0 Å². The van der Waals surface area contributed by atoms with E-state index >= 15 is 0 Å². The second-order valence-corrected chi connectivity index (χ2v) is 22.0. The fourth-order valence-corrected chi connectivity index (χ4v) is 10.4. The van der Waals surface area contributed by atoms with Gasteiger partial charge in [-0.2, -0.15) is 5.10 Å². The van der Waals surface area contributed by atoms with E-state index in [0.29, 0.717) is 28.4 Å². The van der Waals surface area contributed by atoms with E-state index in [2.05, 4.69) is 180 Å². The molecule has 0 unspecified atom stereocenters. The van der Waals surface area contributed by atoms with Gasteiger partial charge < -0.3 is 0 Å². The first-order valence-electron chi connectivity index (χ1n) is 26.2. The summed E-state index contributed by atoms with van der Waals surface area (Å²) in [6, 6.07) is 42.4. The van der Waals surface area contributed by atoms with E-state index in [9.17, 15) is 2.74 Å². The van der Waals surface area contributed by atoms with Crippen LogP contribution in [0.4, 0.5) is 11.5 Å². The molecule has 0 bridgehead atoms. The molecule has 0 N–H and O–H groups in total. The average molecular weight is 1090 g/mol. The Morgan fingerprint density at radius 1 is 0.638 bits per heavy atom. The van der Waals surface area contributed by atoms with Crippen LogP contribution in [0.2, 0.25) is 6.32 Å². The van der Waals surface area contributed by atoms with E-state index < -0.39 is 18.1 Å². The van der Waals surface area contributed by atoms with Crippen LogP contribution < -0.4 is 9.55 Å². The van der Waals surface area contributed by atoms with Gasteiger partial charge in [-0.3, -0.25) is 0 Å². The van der Waals surface area contributed by atoms with Crippen molar-refractivity contribution in [2.24, 2.45) is 0 Å². The summed E-state index contributed by atoms with van der Waals surface area (Å²) in [5.41, 5.74) is 11.4. The number of hydrogen-bond donors (Lipinski definition) is 0. The third kappa shape index (κ3) is 8.67. The number of rotatable bonds is 9. The first-order valence-corrected chi connectivity index (χ1v) is 24.8. The number of pyridine rings is 1. The maximum atomic E-state index is 9.28. The van der Waals surface area contributed by atoms with E-state index in [1.165, 1.54) is 5.56 Å². The molecular formula is C60H59BN6OPt-2. The van der Waals surface area contributed by atoms with Gasteiger partial charge in [0, 0.05) is 12.4 Å². The number of ether oxygens (including phenoxy) is 1. The van der Waals surface area contributed by atoms with E-state index in [-0.39, 0.29) is 40.9 Å². The van der Waals surface area contributed by atoms with Gasteiger partial charge in [0.1, 0.15) is 0 Å². The fourth-order valence-electron chi connectivity index (χ4n) is 9.29. The van der Waals surface area contributed by atoms with Gasteiger partial charge in [-0.25, -0.2) is 0 Å². The van der Waals surface area contributed by atoms with Crippen LogP contribution in [0.15, 0.2) is 152 Å². The van der Waals surface area contributed by atoms with Gasteiger partial charge in [-0.05, 0) is 17.0 Å². The Balaban J connectivity index is 1.15. The summed E-state index contributed by atoms with van der Waals surface area (Å²) in [5.74, 6) is 1.82. The molecule has 0 fully saturated rings. The first kappa shape index (κ1) is 40.4. The SMILES string of the molecule is [2H]c1c([2H])c([2H])c(-c2cccc(-c3cc(C(C)(C)C)cc(C(C)(C)C)c3)c2-n2[c](=[Pt])n(-c3[c-]c(Oc4[c-]c5c(cc4)-c4ccnn4B(CCC)N5c4cc(C(C)(C)C)ccn4)ccc3)c3ccccc32)c([2H])c1[2H]. The Labute approximate surface area is 426 Å². The van der Waals surface area contributed by atoms with Gasteiger partial charge in [0.05, 0.1) is 0 Å². The number of nitrogens with zero attached hydrogens (tertiary/aromatic N) is 6. The Kier molecular flexibility index (Phi) is 10.4. The monoisotopic (exact) mass is 1090 g/mol. The second-order valence-electron chi connectivity index (χ2n) is 20.9. The number of imidazole rings is 1. The van der Waals surface area contributed by atoms with Crippen molar-refractivity contribution in [1.29, 1.82) is 0 Å². The summed E-state index contributed by atoms with van der Waals surface area (Å²) in [6.45, 7) is 22.0. The van der Waals surface area contributed by atoms with Crippen LogP contribution >= 0.6 is 0 Å². The topological polar surface area (TPSA) is 53.0 Å². The average Bonchev–Trinajstić information content (AvgIpc) is 3.97. The van der Waals surface area contributed by atoms with Crippen LogP contribution in [0.1, 0.15) is 99.2 Å². The number of hydrogen-bond acceptors (Lipinski definition) is 4. The number of anilines is 2. The summed E-state index contributed by atoms with van der Waals surface area (Å²) >= 11 is 2.35. The van der Waals surface area contributed by atoms with E-state index in [1.54, 1.807) is 0 Å². The van der Waals surface area contributed by atoms with Gasteiger partial charge in [0.2, 0.25) is 0 Å². The molecule has 9 aromatic rings. The molecule has 1 aliphatic rings. The molecule has 0 aliphatic carbocycles. The fraction of sp³-hybridized carbons (Fsp3) is 0.250. The molecule has 7 nitrogen and oxygen atoms in total. The molecule has 0 saturated heterocycles. The minimum atomic E-state index is -0.438. The van der Waals surface area contributed by atoms with Crippen molar-refractivity contribution in [2.45, 2.75) is 98.2 Å². The zero-order valence-electron chi connectivity index (χ0n) is 45.9. The summed E-state index contributed by atoms with van der Waals surface area (Å²) < 4.78 is 58.6. The number of benzene rings is 6. The molecule has 0 amide bonds. The van der Waals surface area contributed by atoms with Crippen LogP contribution in [0, 0.1) is 15.9 Å². The van der Waals surface area contributed by atoms with Crippen molar-refractivity contribution >= 4 is 29.5 Å². The predicted octanol–water partition coefficient (Wildman–Crippen LogP) is 15.3. The molecular weight excluding hydrogens is 1030 g/mol. The summed E-state index contributed by atoms with van der Waals surface area (Å²) in [6.07, 6.45) is 5.51. The summed E-state index contributed by atoms with van der Waals surface area (Å²) in [7, 11) is 0. The van der Waals surface area contributed by atoms with Crippen molar-refractivity contribution in [3.05, 3.63) is 184 Å². The van der Waals surface area contributed by atoms with Crippen molar-refractivity contribution in [3.8, 4) is 56.4 Å². The molecule has 4 heterocycles. The molecule has 69 heavy (non-hydrogen) atoms. The van der Waals surface area contributed by atoms with E-state index in [1.807, 2.05) is 60.9 Å². The predicted molar refractivity (Wildman–Crippen MR) is 281 cm³/mol. The second kappa shape index (κ2) is 17.8. The molecule has 9 heteroatoms. The van der Waals surface area contributed by atoms with Crippen LogP contribution in [-0.4, -0.2) is 30.8 Å². The summed E-state index contributed by atoms with van der Waals surface area (Å²) in [5, 5.41) is 4.82. The van der Waals surface area contributed by atoms with Crippen LogP contribution in [0.5, 0.6) is 11.5 Å². The van der Waals surface area contributed by atoms with Crippen molar-refractivity contribution in [2.75, 3.05) is 4.81 Å². The maximum absolute atomic E-state index is 9.28. The van der Waals surface area contributed by atoms with Gasteiger partial charge in [0.25, 0.3) is 0 Å². The normalized spacial score (nSPS) is 13.9. The van der Waals surface area contributed by atoms with Gasteiger partial charge >= 0.3 is 359 Å². The van der Waals surface area contributed by atoms with E-state index in [0.717, 1.165) is 72.6 Å². The number of para-hydroxylation sites is 3.